The number of hydrogen-bond acceptors (Lipinski definition) is 3. The van der Waals surface area contributed by atoms with Crippen molar-refractivity contribution >= 4 is 11.6 Å². The van der Waals surface area contributed by atoms with E-state index >= 15 is 0 Å². The summed E-state index contributed by atoms with van der Waals surface area (Å²) in [6, 6.07) is 8.50. The molecule has 1 saturated carbocycles. The number of para-hydroxylation sites is 1. The molecule has 3 saturated heterocycles. The second-order valence-electron chi connectivity index (χ2n) is 7.35. The lowest BCUT2D eigenvalue weighted by Crippen LogP contribution is -2.49. The Morgan fingerprint density at radius 1 is 1.35 bits per heavy atom. The first-order valence-electron chi connectivity index (χ1n) is 8.65. The van der Waals surface area contributed by atoms with Gasteiger partial charge in [0.15, 0.2) is 0 Å². The lowest BCUT2D eigenvalue weighted by molar-refractivity contribution is -0.129. The van der Waals surface area contributed by atoms with E-state index < -0.39 is 5.41 Å². The molecular formula is C19H22N2O2. The average molecular weight is 310 g/mol. The molecule has 2 N–H and O–H groups in total. The van der Waals surface area contributed by atoms with Gasteiger partial charge in [0.05, 0.1) is 12.7 Å². The molecule has 4 bridgehead atoms. The lowest BCUT2D eigenvalue weighted by atomic mass is 9.72. The van der Waals surface area contributed by atoms with Crippen LogP contribution in [0.5, 0.6) is 0 Å². The van der Waals surface area contributed by atoms with Crippen LogP contribution < -0.4 is 10.6 Å². The second kappa shape index (κ2) is 4.68. The van der Waals surface area contributed by atoms with E-state index in [1.807, 2.05) is 18.2 Å². The van der Waals surface area contributed by atoms with Crippen molar-refractivity contribution in [3.05, 3.63) is 41.5 Å². The smallest absolute Gasteiger partial charge is 0.237 e. The maximum Gasteiger partial charge on any atom is 0.237 e. The molecule has 4 heterocycles. The number of amides is 1. The van der Waals surface area contributed by atoms with E-state index in [0.29, 0.717) is 17.9 Å². The standard InChI is InChI=1S/C19H22N2O2/c1-2-11-9-20-16-8-19(17-7-12(11)13(16)10-23-17)14-5-3-4-6-15(14)21-18(19)22/h2-6,12-13,16-17,20H,7-10H2,1H3,(H,21,22). The first kappa shape index (κ1) is 13.8. The molecule has 1 spiro atoms. The molecule has 1 aliphatic carbocycles. The number of rotatable bonds is 0. The van der Waals surface area contributed by atoms with Gasteiger partial charge in [-0.15, -0.1) is 0 Å². The molecule has 4 nitrogen and oxygen atoms in total. The van der Waals surface area contributed by atoms with Gasteiger partial charge in [-0.3, -0.25) is 4.79 Å². The number of benzene rings is 1. The summed E-state index contributed by atoms with van der Waals surface area (Å²) < 4.78 is 6.27. The normalized spacial score (nSPS) is 42.7. The topological polar surface area (TPSA) is 50.4 Å². The highest BCUT2D eigenvalue weighted by molar-refractivity contribution is 6.07. The van der Waals surface area contributed by atoms with Crippen molar-refractivity contribution in [3.63, 3.8) is 0 Å². The van der Waals surface area contributed by atoms with Gasteiger partial charge in [0.25, 0.3) is 0 Å². The van der Waals surface area contributed by atoms with Crippen molar-refractivity contribution in [3.8, 4) is 0 Å². The molecule has 6 rings (SSSR count). The van der Waals surface area contributed by atoms with Crippen molar-refractivity contribution in [2.45, 2.75) is 37.3 Å². The number of fused-ring (bicyclic) bond motifs is 2. The van der Waals surface area contributed by atoms with Gasteiger partial charge in [0, 0.05) is 24.2 Å². The second-order valence-corrected chi connectivity index (χ2v) is 7.35. The third-order valence-electron chi connectivity index (χ3n) is 6.56. The number of hydrogen-bond donors (Lipinski definition) is 2. The van der Waals surface area contributed by atoms with Gasteiger partial charge in [0.2, 0.25) is 5.91 Å². The molecule has 4 aliphatic heterocycles. The van der Waals surface area contributed by atoms with Crippen LogP contribution in [0.15, 0.2) is 35.9 Å². The number of piperidine rings is 1. The van der Waals surface area contributed by atoms with Gasteiger partial charge < -0.3 is 15.4 Å². The molecule has 1 amide bonds. The molecule has 0 radical (unpaired) electrons. The maximum atomic E-state index is 13.1. The largest absolute Gasteiger partial charge is 0.376 e. The Hall–Kier alpha value is -1.65. The van der Waals surface area contributed by atoms with E-state index in [9.17, 15) is 4.79 Å². The van der Waals surface area contributed by atoms with E-state index in [1.165, 1.54) is 5.57 Å². The third kappa shape index (κ3) is 1.65. The van der Waals surface area contributed by atoms with E-state index in [0.717, 1.165) is 37.2 Å². The number of carbonyl (C=O) groups excluding carboxylic acids is 1. The quantitative estimate of drug-likeness (QED) is 0.723. The van der Waals surface area contributed by atoms with Crippen LogP contribution in [0.1, 0.15) is 25.3 Å². The Kier molecular flexibility index (Phi) is 2.80. The van der Waals surface area contributed by atoms with Crippen molar-refractivity contribution in [1.82, 2.24) is 5.32 Å². The van der Waals surface area contributed by atoms with Crippen LogP contribution in [0, 0.1) is 11.8 Å². The molecule has 1 aromatic rings. The number of allylic oxidation sites excluding steroid dienone is 1. The zero-order chi connectivity index (χ0) is 15.6. The predicted molar refractivity (Wildman–Crippen MR) is 88.3 cm³/mol. The molecule has 4 fully saturated rings. The van der Waals surface area contributed by atoms with Crippen LogP contribution in [0.3, 0.4) is 0 Å². The Labute approximate surface area is 136 Å². The SMILES string of the molecule is CC=C1CNC2CC3(C(=O)Nc4ccccc43)C3CC1C2CO3. The molecule has 0 aromatic heterocycles. The van der Waals surface area contributed by atoms with Gasteiger partial charge in [-0.1, -0.05) is 29.8 Å². The molecule has 5 aliphatic rings. The van der Waals surface area contributed by atoms with Crippen LogP contribution >= 0.6 is 0 Å². The zero-order valence-corrected chi connectivity index (χ0v) is 13.3. The zero-order valence-electron chi connectivity index (χ0n) is 13.3. The summed E-state index contributed by atoms with van der Waals surface area (Å²) in [4.78, 5) is 13.1. The highest BCUT2D eigenvalue weighted by atomic mass is 16.5. The minimum atomic E-state index is -0.527. The Morgan fingerprint density at radius 2 is 2.22 bits per heavy atom. The number of nitrogens with one attached hydrogen (secondary N) is 2. The first-order chi connectivity index (χ1) is 11.2. The van der Waals surface area contributed by atoms with Crippen LogP contribution in [0.4, 0.5) is 5.69 Å². The molecule has 23 heavy (non-hydrogen) atoms. The van der Waals surface area contributed by atoms with Crippen LogP contribution in [-0.4, -0.2) is 31.2 Å². The van der Waals surface area contributed by atoms with Gasteiger partial charge in [-0.25, -0.2) is 0 Å². The van der Waals surface area contributed by atoms with E-state index in [2.05, 4.69) is 29.7 Å². The Balaban J connectivity index is 1.67. The van der Waals surface area contributed by atoms with E-state index in [-0.39, 0.29) is 12.0 Å². The molecular weight excluding hydrogens is 288 g/mol. The van der Waals surface area contributed by atoms with Gasteiger partial charge in [-0.2, -0.15) is 0 Å². The minimum absolute atomic E-state index is 0.0211. The Morgan fingerprint density at radius 3 is 3.09 bits per heavy atom. The lowest BCUT2D eigenvalue weighted by Gasteiger charge is -2.42. The van der Waals surface area contributed by atoms with Crippen LogP contribution in [0.25, 0.3) is 0 Å². The fourth-order valence-electron chi connectivity index (χ4n) is 5.39. The molecule has 4 heteroatoms. The minimum Gasteiger partial charge on any atom is -0.376 e. The van der Waals surface area contributed by atoms with E-state index in [1.54, 1.807) is 0 Å². The van der Waals surface area contributed by atoms with Crippen LogP contribution in [0.2, 0.25) is 0 Å². The summed E-state index contributed by atoms with van der Waals surface area (Å²) in [5, 5.41) is 6.81. The summed E-state index contributed by atoms with van der Waals surface area (Å²) in [7, 11) is 0. The van der Waals surface area contributed by atoms with Gasteiger partial charge >= 0.3 is 0 Å². The Bertz CT molecular complexity index is 713. The number of anilines is 1. The summed E-state index contributed by atoms with van der Waals surface area (Å²) in [6.07, 6.45) is 4.04. The molecule has 1 aromatic carbocycles. The highest BCUT2D eigenvalue weighted by Crippen LogP contribution is 2.54. The van der Waals surface area contributed by atoms with Gasteiger partial charge in [-0.05, 0) is 37.3 Å². The summed E-state index contributed by atoms with van der Waals surface area (Å²) >= 11 is 0. The van der Waals surface area contributed by atoms with E-state index in [4.69, 9.17) is 4.74 Å². The first-order valence-corrected chi connectivity index (χ1v) is 8.65. The van der Waals surface area contributed by atoms with Crippen molar-refractivity contribution < 1.29 is 9.53 Å². The number of ether oxygens (including phenoxy) is 1. The maximum absolute atomic E-state index is 13.1. The summed E-state index contributed by atoms with van der Waals surface area (Å²) in [6.45, 7) is 3.85. The molecule has 120 valence electrons. The number of carbonyl (C=O) groups is 1. The van der Waals surface area contributed by atoms with Crippen molar-refractivity contribution in [2.24, 2.45) is 11.8 Å². The molecule has 5 unspecified atom stereocenters. The fourth-order valence-corrected chi connectivity index (χ4v) is 5.39. The highest BCUT2D eigenvalue weighted by Gasteiger charge is 2.60. The van der Waals surface area contributed by atoms with Crippen molar-refractivity contribution in [1.29, 1.82) is 0 Å². The fraction of sp³-hybridized carbons (Fsp3) is 0.526. The van der Waals surface area contributed by atoms with Gasteiger partial charge in [0.1, 0.15) is 5.41 Å². The van der Waals surface area contributed by atoms with Crippen LogP contribution in [-0.2, 0) is 14.9 Å². The van der Waals surface area contributed by atoms with Crippen molar-refractivity contribution in [2.75, 3.05) is 18.5 Å². The molecule has 5 atom stereocenters. The monoisotopic (exact) mass is 310 g/mol. The summed E-state index contributed by atoms with van der Waals surface area (Å²) in [5.41, 5.74) is 3.06. The predicted octanol–water partition coefficient (Wildman–Crippen LogP) is 2.22. The summed E-state index contributed by atoms with van der Waals surface area (Å²) in [5.74, 6) is 1.18. The third-order valence-corrected chi connectivity index (χ3v) is 6.56. The average Bonchev–Trinajstić information content (AvgIpc) is 2.71.